The lowest BCUT2D eigenvalue weighted by Gasteiger charge is -2.08. The van der Waals surface area contributed by atoms with Crippen LogP contribution >= 0.6 is 0 Å². The van der Waals surface area contributed by atoms with E-state index in [0.29, 0.717) is 24.1 Å². The molecule has 0 aliphatic carbocycles. The molecule has 0 unspecified atom stereocenters. The number of nitrogen functional groups attached to an aromatic ring is 1. The van der Waals surface area contributed by atoms with Gasteiger partial charge in [-0.05, 0) is 19.1 Å². The van der Waals surface area contributed by atoms with Crippen LogP contribution in [0.3, 0.4) is 0 Å². The summed E-state index contributed by atoms with van der Waals surface area (Å²) in [6.45, 7) is 2.70. The Balaban J connectivity index is 2.24. The lowest BCUT2D eigenvalue weighted by Crippen LogP contribution is -2.02. The molecular weight excluding hydrogens is 218 g/mol. The smallest absolute Gasteiger partial charge is 0.303 e. The number of imidazole rings is 1. The van der Waals surface area contributed by atoms with Crippen molar-refractivity contribution < 1.29 is 9.47 Å². The van der Waals surface area contributed by atoms with Gasteiger partial charge in [-0.3, -0.25) is 4.57 Å². The topological polar surface area (TPSA) is 62.3 Å². The second-order valence-corrected chi connectivity index (χ2v) is 3.49. The van der Waals surface area contributed by atoms with Gasteiger partial charge in [-0.1, -0.05) is 6.07 Å². The predicted octanol–water partition coefficient (Wildman–Crippen LogP) is 2.29. The number of methoxy groups -OCH3 is 1. The maximum atomic E-state index is 5.76. The molecule has 0 saturated carbocycles. The summed E-state index contributed by atoms with van der Waals surface area (Å²) in [6, 6.07) is 7.83. The molecule has 0 aliphatic rings. The molecule has 2 rings (SSSR count). The molecule has 17 heavy (non-hydrogen) atoms. The van der Waals surface area contributed by atoms with Crippen molar-refractivity contribution in [2.24, 2.45) is 0 Å². The van der Waals surface area contributed by atoms with Crippen LogP contribution in [0.1, 0.15) is 6.92 Å². The van der Waals surface area contributed by atoms with Crippen molar-refractivity contribution in [2.75, 3.05) is 12.8 Å². The van der Waals surface area contributed by atoms with E-state index < -0.39 is 0 Å². The number of ether oxygens (including phenoxy) is 2. The third-order valence-corrected chi connectivity index (χ3v) is 2.42. The van der Waals surface area contributed by atoms with Gasteiger partial charge in [0, 0.05) is 12.6 Å². The third-order valence-electron chi connectivity index (χ3n) is 2.42. The van der Waals surface area contributed by atoms with Gasteiger partial charge >= 0.3 is 6.01 Å². The number of anilines is 1. The molecule has 2 N–H and O–H groups in total. The fourth-order valence-corrected chi connectivity index (χ4v) is 1.54. The van der Waals surface area contributed by atoms with Gasteiger partial charge in [0.15, 0.2) is 0 Å². The lowest BCUT2D eigenvalue weighted by molar-refractivity contribution is 0.397. The van der Waals surface area contributed by atoms with Crippen LogP contribution < -0.4 is 15.2 Å². The molecule has 0 atom stereocenters. The zero-order valence-electron chi connectivity index (χ0n) is 9.88. The Morgan fingerprint density at radius 1 is 1.35 bits per heavy atom. The van der Waals surface area contributed by atoms with E-state index in [1.54, 1.807) is 23.9 Å². The van der Waals surface area contributed by atoms with Crippen LogP contribution in [0, 0.1) is 0 Å². The third kappa shape index (κ3) is 2.33. The molecule has 0 saturated heterocycles. The zero-order chi connectivity index (χ0) is 12.3. The van der Waals surface area contributed by atoms with E-state index in [-0.39, 0.29) is 0 Å². The predicted molar refractivity (Wildman–Crippen MR) is 65.4 cm³/mol. The van der Waals surface area contributed by atoms with Crippen molar-refractivity contribution in [1.82, 2.24) is 9.55 Å². The first-order chi connectivity index (χ1) is 8.24. The van der Waals surface area contributed by atoms with E-state index in [4.69, 9.17) is 15.2 Å². The highest BCUT2D eigenvalue weighted by molar-refractivity contribution is 5.36. The fraction of sp³-hybridized carbons (Fsp3) is 0.250. The van der Waals surface area contributed by atoms with Crippen molar-refractivity contribution >= 4 is 5.82 Å². The van der Waals surface area contributed by atoms with E-state index in [0.717, 1.165) is 5.75 Å². The highest BCUT2D eigenvalue weighted by Crippen LogP contribution is 2.25. The molecule has 5 nitrogen and oxygen atoms in total. The minimum atomic E-state index is 0.484. The number of nitrogens with zero attached hydrogens (tertiary/aromatic N) is 2. The minimum Gasteiger partial charge on any atom is -0.497 e. The largest absolute Gasteiger partial charge is 0.497 e. The Hall–Kier alpha value is -2.17. The summed E-state index contributed by atoms with van der Waals surface area (Å²) in [4.78, 5) is 4.11. The van der Waals surface area contributed by atoms with Crippen molar-refractivity contribution in [2.45, 2.75) is 13.5 Å². The van der Waals surface area contributed by atoms with Crippen LogP contribution in [-0.4, -0.2) is 16.7 Å². The average molecular weight is 233 g/mol. The van der Waals surface area contributed by atoms with Gasteiger partial charge in [-0.15, -0.1) is 0 Å². The van der Waals surface area contributed by atoms with Crippen molar-refractivity contribution in [1.29, 1.82) is 0 Å². The molecule has 5 heteroatoms. The van der Waals surface area contributed by atoms with Crippen LogP contribution in [0.25, 0.3) is 0 Å². The Labute approximate surface area is 99.8 Å². The van der Waals surface area contributed by atoms with Crippen LogP contribution in [0.2, 0.25) is 0 Å². The first kappa shape index (κ1) is 11.3. The molecular formula is C12H15N3O2. The van der Waals surface area contributed by atoms with Gasteiger partial charge in [0.25, 0.3) is 0 Å². The molecule has 0 aliphatic heterocycles. The second-order valence-electron chi connectivity index (χ2n) is 3.49. The van der Waals surface area contributed by atoms with E-state index in [2.05, 4.69) is 4.98 Å². The van der Waals surface area contributed by atoms with E-state index in [1.807, 2.05) is 25.1 Å². The van der Waals surface area contributed by atoms with Crippen LogP contribution in [0.4, 0.5) is 5.82 Å². The SMILES string of the molecule is CCn1c(N)cnc1Oc1cccc(OC)c1. The lowest BCUT2D eigenvalue weighted by atomic mass is 10.3. The Morgan fingerprint density at radius 3 is 2.82 bits per heavy atom. The maximum Gasteiger partial charge on any atom is 0.303 e. The van der Waals surface area contributed by atoms with Crippen molar-refractivity contribution in [3.05, 3.63) is 30.5 Å². The normalized spacial score (nSPS) is 10.2. The van der Waals surface area contributed by atoms with Crippen molar-refractivity contribution in [3.63, 3.8) is 0 Å². The minimum absolute atomic E-state index is 0.484. The average Bonchev–Trinajstić information content (AvgIpc) is 2.70. The molecule has 0 amide bonds. The standard InChI is InChI=1S/C12H15N3O2/c1-3-15-11(13)8-14-12(15)17-10-6-4-5-9(7-10)16-2/h4-8H,3,13H2,1-2H3. The summed E-state index contributed by atoms with van der Waals surface area (Å²) < 4.78 is 12.6. The molecule has 0 bridgehead atoms. The maximum absolute atomic E-state index is 5.76. The van der Waals surface area contributed by atoms with Gasteiger partial charge in [-0.2, -0.15) is 0 Å². The summed E-state index contributed by atoms with van der Waals surface area (Å²) in [5.74, 6) is 2.00. The number of rotatable bonds is 4. The van der Waals surface area contributed by atoms with Gasteiger partial charge in [-0.25, -0.2) is 4.98 Å². The van der Waals surface area contributed by atoms with Gasteiger partial charge in [0.05, 0.1) is 13.3 Å². The molecule has 0 radical (unpaired) electrons. The summed E-state index contributed by atoms with van der Waals surface area (Å²) in [6.07, 6.45) is 1.58. The molecule has 1 aromatic carbocycles. The van der Waals surface area contributed by atoms with E-state index in [9.17, 15) is 0 Å². The molecule has 0 spiro atoms. The van der Waals surface area contributed by atoms with Crippen LogP contribution in [-0.2, 0) is 6.54 Å². The molecule has 0 fully saturated rings. The second kappa shape index (κ2) is 4.78. The molecule has 1 heterocycles. The first-order valence-electron chi connectivity index (χ1n) is 5.37. The quantitative estimate of drug-likeness (QED) is 0.880. The number of benzene rings is 1. The number of aromatic nitrogens is 2. The van der Waals surface area contributed by atoms with E-state index in [1.165, 1.54) is 0 Å². The Morgan fingerprint density at radius 2 is 2.12 bits per heavy atom. The van der Waals surface area contributed by atoms with Crippen LogP contribution in [0.5, 0.6) is 17.5 Å². The van der Waals surface area contributed by atoms with Gasteiger partial charge in [0.2, 0.25) is 0 Å². The molecule has 1 aromatic heterocycles. The molecule has 2 aromatic rings. The van der Waals surface area contributed by atoms with Gasteiger partial charge in [0.1, 0.15) is 17.3 Å². The monoisotopic (exact) mass is 233 g/mol. The first-order valence-corrected chi connectivity index (χ1v) is 5.37. The summed E-state index contributed by atoms with van der Waals surface area (Å²) >= 11 is 0. The van der Waals surface area contributed by atoms with Crippen molar-refractivity contribution in [3.8, 4) is 17.5 Å². The number of nitrogens with two attached hydrogens (primary N) is 1. The highest BCUT2D eigenvalue weighted by Gasteiger charge is 2.08. The Bertz CT molecular complexity index is 508. The summed E-state index contributed by atoms with van der Waals surface area (Å²) in [7, 11) is 1.62. The van der Waals surface area contributed by atoms with Gasteiger partial charge < -0.3 is 15.2 Å². The fourth-order valence-electron chi connectivity index (χ4n) is 1.54. The summed E-state index contributed by atoms with van der Waals surface area (Å²) in [5, 5.41) is 0. The zero-order valence-corrected chi connectivity index (χ0v) is 9.88. The molecule has 90 valence electrons. The highest BCUT2D eigenvalue weighted by atomic mass is 16.5. The number of hydrogen-bond acceptors (Lipinski definition) is 4. The van der Waals surface area contributed by atoms with Crippen LogP contribution in [0.15, 0.2) is 30.5 Å². The van der Waals surface area contributed by atoms with E-state index >= 15 is 0 Å². The number of hydrogen-bond donors (Lipinski definition) is 1. The Kier molecular flexibility index (Phi) is 3.18. The summed E-state index contributed by atoms with van der Waals surface area (Å²) in [5.41, 5.74) is 5.76.